The Balaban J connectivity index is 2.28. The van der Waals surface area contributed by atoms with E-state index in [1.165, 1.54) is 0 Å². The summed E-state index contributed by atoms with van der Waals surface area (Å²) < 4.78 is 4.19. The van der Waals surface area contributed by atoms with E-state index in [4.69, 9.17) is 23.8 Å². The SMILES string of the molecule is CCn1ccc(-n2c(=S)[nH]c3cc(Cl)cnc32)n1. The Hall–Kier alpha value is -1.66. The van der Waals surface area contributed by atoms with Gasteiger partial charge in [0.2, 0.25) is 0 Å². The van der Waals surface area contributed by atoms with Crippen LogP contribution < -0.4 is 0 Å². The first kappa shape index (κ1) is 11.4. The molecule has 0 aliphatic carbocycles. The molecule has 0 unspecified atom stereocenters. The Morgan fingerprint density at radius 3 is 3.06 bits per heavy atom. The number of aromatic nitrogens is 5. The molecule has 18 heavy (non-hydrogen) atoms. The van der Waals surface area contributed by atoms with Crippen LogP contribution in [0.15, 0.2) is 24.5 Å². The van der Waals surface area contributed by atoms with E-state index in [0.717, 1.165) is 23.5 Å². The molecule has 0 spiro atoms. The molecule has 3 aromatic heterocycles. The predicted molar refractivity (Wildman–Crippen MR) is 72.7 cm³/mol. The number of pyridine rings is 1. The molecule has 0 aliphatic heterocycles. The molecule has 0 aliphatic rings. The first-order chi connectivity index (χ1) is 8.69. The minimum Gasteiger partial charge on any atom is -0.329 e. The van der Waals surface area contributed by atoms with Gasteiger partial charge in [-0.3, -0.25) is 9.25 Å². The summed E-state index contributed by atoms with van der Waals surface area (Å²) in [5.74, 6) is 0.753. The Kier molecular flexibility index (Phi) is 2.68. The van der Waals surface area contributed by atoms with Gasteiger partial charge in [0.05, 0.1) is 10.5 Å². The summed E-state index contributed by atoms with van der Waals surface area (Å²) in [6, 6.07) is 3.70. The number of aromatic amines is 1. The second kappa shape index (κ2) is 4.22. The van der Waals surface area contributed by atoms with E-state index in [1.807, 2.05) is 23.9 Å². The molecule has 3 aromatic rings. The number of imidazole rings is 1. The van der Waals surface area contributed by atoms with Gasteiger partial charge in [0.15, 0.2) is 16.2 Å². The normalized spacial score (nSPS) is 11.2. The van der Waals surface area contributed by atoms with Gasteiger partial charge in [-0.15, -0.1) is 0 Å². The molecule has 5 nitrogen and oxygen atoms in total. The predicted octanol–water partition coefficient (Wildman–Crippen LogP) is 2.95. The number of nitrogens with one attached hydrogen (secondary N) is 1. The molecule has 0 atom stereocenters. The Morgan fingerprint density at radius 1 is 1.50 bits per heavy atom. The van der Waals surface area contributed by atoms with E-state index in [9.17, 15) is 0 Å². The van der Waals surface area contributed by atoms with Gasteiger partial charge in [-0.25, -0.2) is 4.98 Å². The zero-order valence-electron chi connectivity index (χ0n) is 9.59. The number of hydrogen-bond acceptors (Lipinski definition) is 3. The molecule has 92 valence electrons. The lowest BCUT2D eigenvalue weighted by molar-refractivity contribution is 0.653. The second-order valence-corrected chi connectivity index (χ2v) is 4.64. The third-order valence-electron chi connectivity index (χ3n) is 2.67. The van der Waals surface area contributed by atoms with Crippen LogP contribution in [0.3, 0.4) is 0 Å². The first-order valence-electron chi connectivity index (χ1n) is 5.49. The molecule has 3 rings (SSSR count). The van der Waals surface area contributed by atoms with Crippen LogP contribution in [0.4, 0.5) is 0 Å². The zero-order valence-corrected chi connectivity index (χ0v) is 11.2. The van der Waals surface area contributed by atoms with Crippen LogP contribution in [-0.4, -0.2) is 24.3 Å². The summed E-state index contributed by atoms with van der Waals surface area (Å²) >= 11 is 11.2. The largest absolute Gasteiger partial charge is 0.329 e. The maximum atomic E-state index is 5.91. The van der Waals surface area contributed by atoms with Gasteiger partial charge < -0.3 is 4.98 Å². The lowest BCUT2D eigenvalue weighted by Gasteiger charge is -1.99. The summed E-state index contributed by atoms with van der Waals surface area (Å²) in [5.41, 5.74) is 1.53. The number of fused-ring (bicyclic) bond motifs is 1. The Bertz CT molecular complexity index is 769. The fraction of sp³-hybridized carbons (Fsp3) is 0.182. The number of halogens is 1. The van der Waals surface area contributed by atoms with Crippen LogP contribution in [0.25, 0.3) is 17.0 Å². The van der Waals surface area contributed by atoms with Crippen LogP contribution in [0.2, 0.25) is 5.02 Å². The monoisotopic (exact) mass is 279 g/mol. The molecule has 1 N–H and O–H groups in total. The van der Waals surface area contributed by atoms with E-state index in [0.29, 0.717) is 9.79 Å². The van der Waals surface area contributed by atoms with Crippen LogP contribution >= 0.6 is 23.8 Å². The number of nitrogens with zero attached hydrogens (tertiary/aromatic N) is 4. The quantitative estimate of drug-likeness (QED) is 0.734. The topological polar surface area (TPSA) is 51.4 Å². The Labute approximate surface area is 113 Å². The molecule has 0 saturated heterocycles. The van der Waals surface area contributed by atoms with Gasteiger partial charge in [-0.1, -0.05) is 11.6 Å². The summed E-state index contributed by atoms with van der Waals surface area (Å²) in [6.45, 7) is 2.85. The average Bonchev–Trinajstić information content (AvgIpc) is 2.91. The van der Waals surface area contributed by atoms with Crippen molar-refractivity contribution in [2.45, 2.75) is 13.5 Å². The van der Waals surface area contributed by atoms with Crippen LogP contribution in [0.5, 0.6) is 0 Å². The van der Waals surface area contributed by atoms with Crippen molar-refractivity contribution in [2.24, 2.45) is 0 Å². The highest BCUT2D eigenvalue weighted by molar-refractivity contribution is 7.71. The minimum absolute atomic E-state index is 0.557. The minimum atomic E-state index is 0.557. The lowest BCUT2D eigenvalue weighted by atomic mass is 10.4. The third-order valence-corrected chi connectivity index (χ3v) is 3.16. The van der Waals surface area contributed by atoms with E-state index in [1.54, 1.807) is 16.8 Å². The van der Waals surface area contributed by atoms with Crippen molar-refractivity contribution in [2.75, 3.05) is 0 Å². The highest BCUT2D eigenvalue weighted by Crippen LogP contribution is 2.19. The summed E-state index contributed by atoms with van der Waals surface area (Å²) in [6.07, 6.45) is 3.51. The van der Waals surface area contributed by atoms with Gasteiger partial charge in [-0.2, -0.15) is 5.10 Å². The van der Waals surface area contributed by atoms with Crippen molar-refractivity contribution in [3.05, 3.63) is 34.3 Å². The van der Waals surface area contributed by atoms with Crippen molar-refractivity contribution in [1.29, 1.82) is 0 Å². The number of H-pyrrole nitrogens is 1. The van der Waals surface area contributed by atoms with Crippen LogP contribution in [0, 0.1) is 4.77 Å². The van der Waals surface area contributed by atoms with E-state index >= 15 is 0 Å². The fourth-order valence-corrected chi connectivity index (χ4v) is 2.28. The lowest BCUT2D eigenvalue weighted by Crippen LogP contribution is -2.00. The van der Waals surface area contributed by atoms with Crippen molar-refractivity contribution in [3.63, 3.8) is 0 Å². The van der Waals surface area contributed by atoms with Crippen molar-refractivity contribution in [3.8, 4) is 5.82 Å². The van der Waals surface area contributed by atoms with E-state index in [-0.39, 0.29) is 0 Å². The number of aryl methyl sites for hydroxylation is 1. The first-order valence-corrected chi connectivity index (χ1v) is 6.28. The highest BCUT2D eigenvalue weighted by Gasteiger charge is 2.10. The summed E-state index contributed by atoms with van der Waals surface area (Å²) in [7, 11) is 0. The standard InChI is InChI=1S/C11H10ClN5S/c1-2-16-4-3-9(15-16)17-10-8(14-11(17)18)5-7(12)6-13-10/h3-6H,2H2,1H3,(H,14,18). The van der Waals surface area contributed by atoms with Crippen LogP contribution in [-0.2, 0) is 6.54 Å². The van der Waals surface area contributed by atoms with Gasteiger partial charge >= 0.3 is 0 Å². The van der Waals surface area contributed by atoms with Crippen molar-refractivity contribution >= 4 is 35.0 Å². The Morgan fingerprint density at radius 2 is 2.33 bits per heavy atom. The number of hydrogen-bond donors (Lipinski definition) is 1. The molecule has 0 radical (unpaired) electrons. The molecule has 0 aromatic carbocycles. The fourth-order valence-electron chi connectivity index (χ4n) is 1.83. The van der Waals surface area contributed by atoms with E-state index < -0.39 is 0 Å². The maximum absolute atomic E-state index is 5.91. The van der Waals surface area contributed by atoms with Gasteiger partial charge in [0.1, 0.15) is 0 Å². The molecule has 0 saturated carbocycles. The second-order valence-electron chi connectivity index (χ2n) is 3.82. The zero-order chi connectivity index (χ0) is 12.7. The molecular formula is C11H10ClN5S. The third kappa shape index (κ3) is 1.74. The molecule has 0 amide bonds. The van der Waals surface area contributed by atoms with Gasteiger partial charge in [-0.05, 0) is 25.2 Å². The summed E-state index contributed by atoms with van der Waals surface area (Å²) in [4.78, 5) is 7.37. The maximum Gasteiger partial charge on any atom is 0.185 e. The average molecular weight is 280 g/mol. The molecule has 0 fully saturated rings. The molecular weight excluding hydrogens is 270 g/mol. The van der Waals surface area contributed by atoms with Crippen LogP contribution in [0.1, 0.15) is 6.92 Å². The molecule has 0 bridgehead atoms. The molecule has 7 heteroatoms. The summed E-state index contributed by atoms with van der Waals surface area (Å²) in [5, 5.41) is 5.00. The molecule has 3 heterocycles. The van der Waals surface area contributed by atoms with E-state index in [2.05, 4.69) is 15.1 Å². The van der Waals surface area contributed by atoms with Gasteiger partial charge in [0.25, 0.3) is 0 Å². The van der Waals surface area contributed by atoms with Gasteiger partial charge in [0, 0.05) is 25.0 Å². The number of rotatable bonds is 2. The van der Waals surface area contributed by atoms with Crippen molar-refractivity contribution in [1.82, 2.24) is 24.3 Å². The highest BCUT2D eigenvalue weighted by atomic mass is 35.5. The van der Waals surface area contributed by atoms with Crippen molar-refractivity contribution < 1.29 is 0 Å². The smallest absolute Gasteiger partial charge is 0.185 e.